The summed E-state index contributed by atoms with van der Waals surface area (Å²) in [5.74, 6) is 9.19. The Kier molecular flexibility index (Phi) is 22.2. The molecule has 0 aliphatic carbocycles. The van der Waals surface area contributed by atoms with Gasteiger partial charge in [0.05, 0.1) is 0 Å². The number of amides is 2. The molecule has 0 fully saturated rings. The molecule has 6 heteroatoms. The van der Waals surface area contributed by atoms with Crippen LogP contribution >= 0.6 is 0 Å². The van der Waals surface area contributed by atoms with Crippen LogP contribution in [0.5, 0.6) is 0 Å². The van der Waals surface area contributed by atoms with Crippen molar-refractivity contribution in [1.82, 2.24) is 10.0 Å². The summed E-state index contributed by atoms with van der Waals surface area (Å²) in [5.41, 5.74) is 0. The van der Waals surface area contributed by atoms with Crippen LogP contribution in [0.15, 0.2) is 0 Å². The highest BCUT2D eigenvalue weighted by Crippen LogP contribution is 2.13. The van der Waals surface area contributed by atoms with Crippen LogP contribution in [0.2, 0.25) is 0 Å². The van der Waals surface area contributed by atoms with Gasteiger partial charge in [-0.25, -0.2) is 16.8 Å². The summed E-state index contributed by atoms with van der Waals surface area (Å²) in [4.78, 5) is 26.0. The van der Waals surface area contributed by atoms with Crippen LogP contribution in [0.4, 0.5) is 0 Å². The third-order valence-electron chi connectivity index (χ3n) is 6.27. The van der Waals surface area contributed by atoms with Gasteiger partial charge in [-0.1, -0.05) is 129 Å². The van der Waals surface area contributed by atoms with E-state index in [2.05, 4.69) is 13.8 Å². The zero-order valence-corrected chi connectivity index (χ0v) is 21.4. The van der Waals surface area contributed by atoms with Gasteiger partial charge < -0.3 is 4.90 Å². The fourth-order valence-corrected chi connectivity index (χ4v) is 4.14. The Bertz CT molecular complexity index is 420. The summed E-state index contributed by atoms with van der Waals surface area (Å²) < 4.78 is 0. The molecule has 0 aliphatic rings. The van der Waals surface area contributed by atoms with Crippen molar-refractivity contribution in [3.8, 4) is 0 Å². The second-order valence-electron chi connectivity index (χ2n) is 9.37. The van der Waals surface area contributed by atoms with Crippen molar-refractivity contribution in [2.24, 2.45) is 11.7 Å². The van der Waals surface area contributed by atoms with E-state index >= 15 is 0 Å². The fraction of sp³-hybridized carbons (Fsp3) is 0.923. The Hall–Kier alpha value is -1.14. The molecular weight excluding hydrogens is 400 g/mol. The van der Waals surface area contributed by atoms with Gasteiger partial charge in [0.25, 0.3) is 0 Å². The molecule has 4 N–H and O–H groups in total. The highest BCUT2D eigenvalue weighted by atomic mass is 16.2. The van der Waals surface area contributed by atoms with Crippen LogP contribution in [0.25, 0.3) is 0 Å². The van der Waals surface area contributed by atoms with E-state index < -0.39 is 11.8 Å². The van der Waals surface area contributed by atoms with E-state index in [1.165, 1.54) is 103 Å². The Balaban J connectivity index is 4.00. The number of rotatable bonds is 22. The maximum absolute atomic E-state index is 12.4. The molecule has 32 heavy (non-hydrogen) atoms. The zero-order valence-electron chi connectivity index (χ0n) is 21.4. The first-order chi connectivity index (χ1) is 15.5. The Morgan fingerprint density at radius 2 is 0.750 bits per heavy atom. The van der Waals surface area contributed by atoms with Crippen molar-refractivity contribution in [2.75, 3.05) is 13.1 Å². The minimum atomic E-state index is -0.829. The van der Waals surface area contributed by atoms with Gasteiger partial charge >= 0.3 is 11.8 Å². The molecular formula is C26H54N4O2. The average molecular weight is 455 g/mol. The summed E-state index contributed by atoms with van der Waals surface area (Å²) in [7, 11) is 0. The van der Waals surface area contributed by atoms with E-state index in [4.69, 9.17) is 11.7 Å². The van der Waals surface area contributed by atoms with Crippen molar-refractivity contribution in [3.05, 3.63) is 0 Å². The van der Waals surface area contributed by atoms with Gasteiger partial charge in [-0.05, 0) is 12.8 Å². The number of carbonyl (C=O) groups is 2. The number of hydrazine groups is 2. The van der Waals surface area contributed by atoms with Gasteiger partial charge in [0.1, 0.15) is 0 Å². The van der Waals surface area contributed by atoms with Crippen molar-refractivity contribution >= 4 is 11.8 Å². The lowest BCUT2D eigenvalue weighted by molar-refractivity contribution is -0.152. The van der Waals surface area contributed by atoms with Gasteiger partial charge in [-0.2, -0.15) is 0 Å². The molecule has 0 aromatic heterocycles. The smallest absolute Gasteiger partial charge is 0.334 e. The van der Waals surface area contributed by atoms with Gasteiger partial charge in [0.15, 0.2) is 0 Å². The minimum absolute atomic E-state index is 0.409. The predicted octanol–water partition coefficient (Wildman–Crippen LogP) is 6.23. The first-order valence-corrected chi connectivity index (χ1v) is 13.7. The first kappa shape index (κ1) is 30.9. The Labute approximate surface area is 198 Å². The molecule has 190 valence electrons. The molecule has 2 amide bonds. The van der Waals surface area contributed by atoms with Gasteiger partial charge in [-0.15, -0.1) is 0 Å². The van der Waals surface area contributed by atoms with E-state index in [0.717, 1.165) is 25.7 Å². The van der Waals surface area contributed by atoms with Crippen LogP contribution in [0.1, 0.15) is 142 Å². The molecule has 0 aliphatic heterocycles. The predicted molar refractivity (Wildman–Crippen MR) is 135 cm³/mol. The van der Waals surface area contributed by atoms with E-state index in [1.807, 2.05) is 0 Å². The fourth-order valence-electron chi connectivity index (χ4n) is 4.14. The molecule has 0 bridgehead atoms. The number of unbranched alkanes of at least 4 members (excludes halogenated alkanes) is 18. The quantitative estimate of drug-likeness (QED) is 0.0666. The topological polar surface area (TPSA) is 92.7 Å². The van der Waals surface area contributed by atoms with Crippen molar-refractivity contribution in [2.45, 2.75) is 142 Å². The lowest BCUT2D eigenvalue weighted by Gasteiger charge is -2.23. The molecule has 0 rings (SSSR count). The molecule has 0 saturated carbocycles. The lowest BCUT2D eigenvalue weighted by Crippen LogP contribution is -2.52. The summed E-state index contributed by atoms with van der Waals surface area (Å²) in [5, 5.41) is 0.409. The second-order valence-corrected chi connectivity index (χ2v) is 9.37. The monoisotopic (exact) mass is 454 g/mol. The van der Waals surface area contributed by atoms with Crippen molar-refractivity contribution in [1.29, 1.82) is 0 Å². The third-order valence-corrected chi connectivity index (χ3v) is 6.27. The van der Waals surface area contributed by atoms with Gasteiger partial charge in [-0.3, -0.25) is 9.59 Å². The molecule has 0 atom stereocenters. The zero-order chi connectivity index (χ0) is 23.9. The molecule has 6 nitrogen and oxygen atoms in total. The molecule has 0 radical (unpaired) electrons. The molecule has 0 unspecified atom stereocenters. The van der Waals surface area contributed by atoms with Crippen LogP contribution in [0.3, 0.4) is 0 Å². The standard InChI is InChI=1S/C26H54N4O2/c1-3-5-7-9-11-13-15-17-19-21-23-29(25(31)26(32)30(27)28)24-22-20-18-16-14-12-10-8-6-4-2/h3-24,27-28H2,1-2H3. The second kappa shape index (κ2) is 23.0. The van der Waals surface area contributed by atoms with Crippen LogP contribution in [0, 0.1) is 0 Å². The van der Waals surface area contributed by atoms with Crippen molar-refractivity contribution < 1.29 is 9.59 Å². The molecule has 0 aromatic carbocycles. The highest BCUT2D eigenvalue weighted by molar-refractivity contribution is 6.34. The highest BCUT2D eigenvalue weighted by Gasteiger charge is 2.23. The van der Waals surface area contributed by atoms with E-state index in [-0.39, 0.29) is 0 Å². The summed E-state index contributed by atoms with van der Waals surface area (Å²) in [6.07, 6.45) is 25.0. The average Bonchev–Trinajstić information content (AvgIpc) is 2.79. The largest absolute Gasteiger partial charge is 0.340 e. The number of hydrogen-bond donors (Lipinski definition) is 2. The number of carbonyl (C=O) groups excluding carboxylic acids is 2. The summed E-state index contributed by atoms with van der Waals surface area (Å²) in [6.45, 7) is 5.73. The van der Waals surface area contributed by atoms with E-state index in [0.29, 0.717) is 18.2 Å². The number of hydrogen-bond acceptors (Lipinski definition) is 4. The van der Waals surface area contributed by atoms with Crippen LogP contribution < -0.4 is 11.7 Å². The molecule has 0 saturated heterocycles. The lowest BCUT2D eigenvalue weighted by atomic mass is 10.1. The molecule has 0 aromatic rings. The van der Waals surface area contributed by atoms with Gasteiger partial charge in [0, 0.05) is 13.1 Å². The van der Waals surface area contributed by atoms with E-state index in [1.54, 1.807) is 4.90 Å². The Morgan fingerprint density at radius 3 is 1.03 bits per heavy atom. The van der Waals surface area contributed by atoms with Gasteiger partial charge in [0.2, 0.25) is 0 Å². The first-order valence-electron chi connectivity index (χ1n) is 13.7. The number of nitrogens with zero attached hydrogens (tertiary/aromatic N) is 2. The SMILES string of the molecule is CCCCCCCCCCCCN(CCCCCCCCCCCC)C(=O)C(=O)N(N)N. The normalized spacial score (nSPS) is 11.0. The minimum Gasteiger partial charge on any atom is -0.334 e. The summed E-state index contributed by atoms with van der Waals surface area (Å²) in [6, 6.07) is 0. The molecule has 0 heterocycles. The van der Waals surface area contributed by atoms with Crippen LogP contribution in [-0.4, -0.2) is 34.9 Å². The number of nitrogens with two attached hydrogens (primary N) is 2. The third kappa shape index (κ3) is 18.4. The maximum atomic E-state index is 12.4. The summed E-state index contributed by atoms with van der Waals surface area (Å²) >= 11 is 0. The van der Waals surface area contributed by atoms with Crippen molar-refractivity contribution in [3.63, 3.8) is 0 Å². The van der Waals surface area contributed by atoms with E-state index in [9.17, 15) is 9.59 Å². The molecule has 0 spiro atoms. The van der Waals surface area contributed by atoms with Crippen LogP contribution in [-0.2, 0) is 9.59 Å². The maximum Gasteiger partial charge on any atom is 0.340 e. The Morgan fingerprint density at radius 1 is 0.469 bits per heavy atom.